The third-order valence-corrected chi connectivity index (χ3v) is 4.19. The first-order chi connectivity index (χ1) is 11.5. The first-order valence-electron chi connectivity index (χ1n) is 7.87. The van der Waals surface area contributed by atoms with Gasteiger partial charge >= 0.3 is 0 Å². The molecule has 1 amide bonds. The van der Waals surface area contributed by atoms with Gasteiger partial charge in [-0.2, -0.15) is 4.98 Å². The van der Waals surface area contributed by atoms with Gasteiger partial charge in [0.15, 0.2) is 5.82 Å². The van der Waals surface area contributed by atoms with Crippen molar-refractivity contribution in [1.29, 1.82) is 0 Å². The van der Waals surface area contributed by atoms with Crippen LogP contribution in [0.1, 0.15) is 52.3 Å². The Morgan fingerprint density at radius 2 is 2.25 bits per heavy atom. The van der Waals surface area contributed by atoms with E-state index < -0.39 is 5.91 Å². The molecule has 0 spiro atoms. The molecule has 24 heavy (non-hydrogen) atoms. The van der Waals surface area contributed by atoms with Crippen LogP contribution in [0.25, 0.3) is 0 Å². The quantitative estimate of drug-likeness (QED) is 0.902. The van der Waals surface area contributed by atoms with E-state index in [0.717, 1.165) is 18.5 Å². The van der Waals surface area contributed by atoms with Gasteiger partial charge in [0.2, 0.25) is 0 Å². The molecule has 1 N–H and O–H groups in total. The average Bonchev–Trinajstić information content (AvgIpc) is 3.21. The van der Waals surface area contributed by atoms with Crippen LogP contribution in [0.5, 0.6) is 0 Å². The Morgan fingerprint density at radius 1 is 1.46 bits per heavy atom. The van der Waals surface area contributed by atoms with Gasteiger partial charge in [-0.15, -0.1) is 0 Å². The van der Waals surface area contributed by atoms with E-state index in [1.54, 1.807) is 20.0 Å². The molecular weight excluding hydrogens is 312 g/mol. The predicted molar refractivity (Wildman–Crippen MR) is 84.6 cm³/mol. The Hall–Kier alpha value is -2.48. The van der Waals surface area contributed by atoms with Gasteiger partial charge in [0.25, 0.3) is 17.4 Å². The fraction of sp³-hybridized carbons (Fsp3) is 0.500. The van der Waals surface area contributed by atoms with Crippen molar-refractivity contribution in [3.8, 4) is 0 Å². The van der Waals surface area contributed by atoms with Gasteiger partial charge in [-0.3, -0.25) is 9.59 Å². The summed E-state index contributed by atoms with van der Waals surface area (Å²) in [5.74, 6) is 0.339. The van der Waals surface area contributed by atoms with Crippen molar-refractivity contribution in [3.63, 3.8) is 0 Å². The largest absolute Gasteiger partial charge is 0.368 e. The molecule has 1 atom stereocenters. The molecule has 8 nitrogen and oxygen atoms in total. The topological polar surface area (TPSA) is 99.2 Å². The van der Waals surface area contributed by atoms with Crippen LogP contribution in [0.15, 0.2) is 15.4 Å². The van der Waals surface area contributed by atoms with Crippen molar-refractivity contribution in [2.45, 2.75) is 39.3 Å². The van der Waals surface area contributed by atoms with Crippen LogP contribution in [-0.4, -0.2) is 27.2 Å². The molecule has 2 aromatic heterocycles. The summed E-state index contributed by atoms with van der Waals surface area (Å²) in [7, 11) is 1.64. The van der Waals surface area contributed by atoms with Crippen LogP contribution in [0.3, 0.4) is 0 Å². The number of hydrogen-bond acceptors (Lipinski definition) is 6. The van der Waals surface area contributed by atoms with Crippen molar-refractivity contribution in [2.24, 2.45) is 7.05 Å². The van der Waals surface area contributed by atoms with Crippen molar-refractivity contribution in [1.82, 2.24) is 20.0 Å². The number of rotatable bonds is 4. The zero-order valence-electron chi connectivity index (χ0n) is 14.0. The number of hydrogen-bond donors (Lipinski definition) is 1. The number of nitrogens with zero attached hydrogens (tertiary/aromatic N) is 3. The van der Waals surface area contributed by atoms with Gasteiger partial charge < -0.3 is 19.1 Å². The molecule has 8 heteroatoms. The molecule has 3 heterocycles. The Morgan fingerprint density at radius 3 is 2.96 bits per heavy atom. The molecule has 0 unspecified atom stereocenters. The summed E-state index contributed by atoms with van der Waals surface area (Å²) in [5, 5.41) is 6.51. The maximum atomic E-state index is 12.4. The second kappa shape index (κ2) is 6.56. The lowest BCUT2D eigenvalue weighted by molar-refractivity contribution is 0.0835. The molecule has 0 bridgehead atoms. The van der Waals surface area contributed by atoms with Gasteiger partial charge in [0.1, 0.15) is 11.7 Å². The third-order valence-electron chi connectivity index (χ3n) is 4.19. The Balaban J connectivity index is 1.70. The summed E-state index contributed by atoms with van der Waals surface area (Å²) in [4.78, 5) is 28.9. The van der Waals surface area contributed by atoms with E-state index in [1.165, 1.54) is 4.57 Å². The normalized spacial score (nSPS) is 17.2. The van der Waals surface area contributed by atoms with E-state index in [4.69, 9.17) is 9.26 Å². The molecule has 2 aromatic rings. The lowest BCUT2D eigenvalue weighted by Crippen LogP contribution is -2.34. The summed E-state index contributed by atoms with van der Waals surface area (Å²) in [6, 6.07) is 1.81. The number of carbonyl (C=O) groups excluding carboxylic acids is 1. The molecule has 0 saturated carbocycles. The number of amides is 1. The maximum Gasteiger partial charge on any atom is 0.263 e. The lowest BCUT2D eigenvalue weighted by atomic mass is 10.1. The highest BCUT2D eigenvalue weighted by Crippen LogP contribution is 2.26. The number of ether oxygens (including phenoxy) is 1. The average molecular weight is 332 g/mol. The zero-order valence-corrected chi connectivity index (χ0v) is 14.0. The highest BCUT2D eigenvalue weighted by atomic mass is 16.5. The molecular formula is C16H20N4O4. The van der Waals surface area contributed by atoms with Crippen LogP contribution in [0, 0.1) is 13.8 Å². The Bertz CT molecular complexity index is 818. The summed E-state index contributed by atoms with van der Waals surface area (Å²) in [6.07, 6.45) is 1.66. The third kappa shape index (κ3) is 3.09. The van der Waals surface area contributed by atoms with Gasteiger partial charge in [-0.05, 0) is 38.3 Å². The molecule has 1 aliphatic heterocycles. The standard InChI is InChI=1S/C16H20N4O4/c1-9-7-10(2)20(3)16(22)13(9)14(21)17-8-12-18-15(24-19-12)11-5-4-6-23-11/h7,11H,4-6,8H2,1-3H3,(H,17,21)/t11-/m1/s1. The fourth-order valence-corrected chi connectivity index (χ4v) is 2.75. The summed E-state index contributed by atoms with van der Waals surface area (Å²) in [5.41, 5.74) is 1.25. The zero-order chi connectivity index (χ0) is 17.3. The number of aryl methyl sites for hydroxylation is 2. The lowest BCUT2D eigenvalue weighted by Gasteiger charge is -2.10. The van der Waals surface area contributed by atoms with Crippen molar-refractivity contribution in [3.05, 3.63) is 45.0 Å². The smallest absolute Gasteiger partial charge is 0.263 e. The van der Waals surface area contributed by atoms with Crippen molar-refractivity contribution < 1.29 is 14.1 Å². The first kappa shape index (κ1) is 16.4. The van der Waals surface area contributed by atoms with Crippen molar-refractivity contribution in [2.75, 3.05) is 6.61 Å². The van der Waals surface area contributed by atoms with Crippen LogP contribution < -0.4 is 10.9 Å². The number of pyridine rings is 1. The predicted octanol–water partition coefficient (Wildman–Crippen LogP) is 1.17. The van der Waals surface area contributed by atoms with Crippen LogP contribution in [0.4, 0.5) is 0 Å². The monoisotopic (exact) mass is 332 g/mol. The van der Waals surface area contributed by atoms with Crippen molar-refractivity contribution >= 4 is 5.91 Å². The van der Waals surface area contributed by atoms with Crippen LogP contribution >= 0.6 is 0 Å². The number of aromatic nitrogens is 3. The molecule has 0 radical (unpaired) electrons. The first-order valence-corrected chi connectivity index (χ1v) is 7.87. The van der Waals surface area contributed by atoms with Gasteiger partial charge in [0.05, 0.1) is 6.54 Å². The van der Waals surface area contributed by atoms with Crippen LogP contribution in [0.2, 0.25) is 0 Å². The van der Waals surface area contributed by atoms with E-state index in [-0.39, 0.29) is 23.8 Å². The number of carbonyl (C=O) groups is 1. The minimum Gasteiger partial charge on any atom is -0.368 e. The van der Waals surface area contributed by atoms with E-state index in [2.05, 4.69) is 15.5 Å². The van der Waals surface area contributed by atoms with Gasteiger partial charge in [0, 0.05) is 19.3 Å². The molecule has 128 valence electrons. The minimum absolute atomic E-state index is 0.0888. The van der Waals surface area contributed by atoms with Gasteiger partial charge in [-0.1, -0.05) is 5.16 Å². The van der Waals surface area contributed by atoms with E-state index in [9.17, 15) is 9.59 Å². The van der Waals surface area contributed by atoms with Crippen LogP contribution in [-0.2, 0) is 18.3 Å². The second-order valence-corrected chi connectivity index (χ2v) is 5.94. The molecule has 3 rings (SSSR count). The molecule has 1 saturated heterocycles. The van der Waals surface area contributed by atoms with E-state index in [1.807, 2.05) is 6.92 Å². The maximum absolute atomic E-state index is 12.4. The fourth-order valence-electron chi connectivity index (χ4n) is 2.75. The molecule has 0 aromatic carbocycles. The van der Waals surface area contributed by atoms with E-state index in [0.29, 0.717) is 23.9 Å². The van der Waals surface area contributed by atoms with E-state index >= 15 is 0 Å². The number of nitrogens with one attached hydrogen (secondary N) is 1. The molecule has 1 fully saturated rings. The Labute approximate surface area is 138 Å². The second-order valence-electron chi connectivity index (χ2n) is 5.94. The molecule has 1 aliphatic rings. The van der Waals surface area contributed by atoms with Gasteiger partial charge in [-0.25, -0.2) is 0 Å². The highest BCUT2D eigenvalue weighted by molar-refractivity contribution is 5.95. The summed E-state index contributed by atoms with van der Waals surface area (Å²) >= 11 is 0. The Kier molecular flexibility index (Phi) is 4.48. The highest BCUT2D eigenvalue weighted by Gasteiger charge is 2.24. The minimum atomic E-state index is -0.448. The molecule has 0 aliphatic carbocycles. The SMILES string of the molecule is Cc1cc(C)n(C)c(=O)c1C(=O)NCc1noc([C@H]2CCCO2)n1. The summed E-state index contributed by atoms with van der Waals surface area (Å²) < 4.78 is 12.1. The summed E-state index contributed by atoms with van der Waals surface area (Å²) in [6.45, 7) is 4.34.